The number of carbonyl (C=O) groups excluding carboxylic acids is 2. The van der Waals surface area contributed by atoms with Crippen molar-refractivity contribution in [1.82, 2.24) is 10.2 Å². The minimum Gasteiger partial charge on any atom is -0.497 e. The predicted octanol–water partition coefficient (Wildman–Crippen LogP) is 1.80. The maximum absolute atomic E-state index is 12.8. The van der Waals surface area contributed by atoms with E-state index in [1.807, 2.05) is 29.2 Å². The highest BCUT2D eigenvalue weighted by atomic mass is 32.2. The monoisotopic (exact) mass is 320 g/mol. The molecule has 22 heavy (non-hydrogen) atoms. The molecule has 2 amide bonds. The largest absolute Gasteiger partial charge is 0.497 e. The van der Waals surface area contributed by atoms with Crippen LogP contribution in [0, 0.1) is 5.92 Å². The zero-order chi connectivity index (χ0) is 15.5. The lowest BCUT2D eigenvalue weighted by Crippen LogP contribution is -2.44. The van der Waals surface area contributed by atoms with Gasteiger partial charge in [-0.15, -0.1) is 11.8 Å². The molecule has 2 atom stereocenters. The van der Waals surface area contributed by atoms with Crippen LogP contribution in [-0.4, -0.2) is 42.7 Å². The molecule has 2 saturated heterocycles. The number of amides is 2. The van der Waals surface area contributed by atoms with Crippen molar-refractivity contribution in [2.45, 2.75) is 18.2 Å². The molecule has 0 saturated carbocycles. The number of piperidine rings is 1. The Bertz CT molecular complexity index is 551. The fourth-order valence-electron chi connectivity index (χ4n) is 2.92. The molecule has 2 heterocycles. The average Bonchev–Trinajstić information content (AvgIpc) is 3.04. The molecule has 2 unspecified atom stereocenters. The second-order valence-electron chi connectivity index (χ2n) is 5.57. The highest BCUT2D eigenvalue weighted by Gasteiger charge is 2.35. The third-order valence-electron chi connectivity index (χ3n) is 4.19. The third kappa shape index (κ3) is 3.06. The molecule has 2 fully saturated rings. The molecule has 1 aromatic rings. The molecule has 0 radical (unpaired) electrons. The summed E-state index contributed by atoms with van der Waals surface area (Å²) in [5.41, 5.74) is 1.12. The Labute approximate surface area is 134 Å². The minimum atomic E-state index is -0.0860. The number of rotatable bonds is 3. The second-order valence-corrected chi connectivity index (χ2v) is 6.76. The van der Waals surface area contributed by atoms with Gasteiger partial charge in [0, 0.05) is 25.3 Å². The zero-order valence-corrected chi connectivity index (χ0v) is 13.4. The number of hydrogen-bond donors (Lipinski definition) is 1. The molecular weight excluding hydrogens is 300 g/mol. The van der Waals surface area contributed by atoms with Crippen LogP contribution in [-0.2, 0) is 9.59 Å². The first-order valence-electron chi connectivity index (χ1n) is 7.52. The van der Waals surface area contributed by atoms with E-state index in [1.165, 1.54) is 0 Å². The van der Waals surface area contributed by atoms with Crippen molar-refractivity contribution >= 4 is 23.6 Å². The number of ether oxygens (including phenoxy) is 1. The zero-order valence-electron chi connectivity index (χ0n) is 12.6. The predicted molar refractivity (Wildman–Crippen MR) is 85.6 cm³/mol. The number of thioether (sulfide) groups is 1. The normalized spacial score (nSPS) is 25.0. The SMILES string of the molecule is COc1ccc(C2SCCN2C(=O)C2CCC(=O)NC2)cc1. The van der Waals surface area contributed by atoms with E-state index in [1.54, 1.807) is 18.9 Å². The van der Waals surface area contributed by atoms with Gasteiger partial charge in [-0.05, 0) is 24.1 Å². The van der Waals surface area contributed by atoms with Crippen LogP contribution in [0.3, 0.4) is 0 Å². The van der Waals surface area contributed by atoms with Gasteiger partial charge in [0.25, 0.3) is 0 Å². The summed E-state index contributed by atoms with van der Waals surface area (Å²) in [6, 6.07) is 7.89. The van der Waals surface area contributed by atoms with Crippen LogP contribution in [0.5, 0.6) is 5.75 Å². The van der Waals surface area contributed by atoms with Crippen molar-refractivity contribution in [2.75, 3.05) is 26.0 Å². The molecule has 0 aromatic heterocycles. The lowest BCUT2D eigenvalue weighted by molar-refractivity contribution is -0.137. The fourth-order valence-corrected chi connectivity index (χ4v) is 4.18. The summed E-state index contributed by atoms with van der Waals surface area (Å²) in [6.07, 6.45) is 1.10. The lowest BCUT2D eigenvalue weighted by Gasteiger charge is -2.30. The molecule has 1 aromatic carbocycles. The van der Waals surface area contributed by atoms with Crippen molar-refractivity contribution in [3.8, 4) is 5.75 Å². The number of nitrogens with one attached hydrogen (secondary N) is 1. The van der Waals surface area contributed by atoms with Crippen LogP contribution < -0.4 is 10.1 Å². The molecule has 0 aliphatic carbocycles. The van der Waals surface area contributed by atoms with E-state index in [2.05, 4.69) is 5.32 Å². The van der Waals surface area contributed by atoms with Crippen LogP contribution >= 0.6 is 11.8 Å². The maximum atomic E-state index is 12.8. The third-order valence-corrected chi connectivity index (χ3v) is 5.45. The Balaban J connectivity index is 1.71. The van der Waals surface area contributed by atoms with E-state index in [4.69, 9.17) is 4.74 Å². The summed E-state index contributed by atoms with van der Waals surface area (Å²) in [4.78, 5) is 26.0. The van der Waals surface area contributed by atoms with Gasteiger partial charge in [-0.25, -0.2) is 0 Å². The van der Waals surface area contributed by atoms with Gasteiger partial charge < -0.3 is 15.0 Å². The summed E-state index contributed by atoms with van der Waals surface area (Å²) in [5, 5.41) is 2.86. The summed E-state index contributed by atoms with van der Waals surface area (Å²) in [6.45, 7) is 1.23. The molecule has 0 bridgehead atoms. The van der Waals surface area contributed by atoms with E-state index in [-0.39, 0.29) is 23.1 Å². The lowest BCUT2D eigenvalue weighted by atomic mass is 9.97. The Kier molecular flexibility index (Phi) is 4.57. The van der Waals surface area contributed by atoms with Gasteiger partial charge in [0.2, 0.25) is 11.8 Å². The number of hydrogen-bond acceptors (Lipinski definition) is 4. The summed E-state index contributed by atoms with van der Waals surface area (Å²) < 4.78 is 5.18. The van der Waals surface area contributed by atoms with Crippen molar-refractivity contribution in [3.05, 3.63) is 29.8 Å². The Morgan fingerprint density at radius 2 is 2.14 bits per heavy atom. The van der Waals surface area contributed by atoms with Crippen molar-refractivity contribution in [3.63, 3.8) is 0 Å². The average molecular weight is 320 g/mol. The van der Waals surface area contributed by atoms with Crippen LogP contribution in [0.4, 0.5) is 0 Å². The first-order chi connectivity index (χ1) is 10.7. The van der Waals surface area contributed by atoms with E-state index in [9.17, 15) is 9.59 Å². The highest BCUT2D eigenvalue weighted by molar-refractivity contribution is 7.99. The molecule has 3 rings (SSSR count). The fraction of sp³-hybridized carbons (Fsp3) is 0.500. The van der Waals surface area contributed by atoms with Gasteiger partial charge in [-0.2, -0.15) is 0 Å². The Hall–Kier alpha value is -1.69. The molecule has 2 aliphatic rings. The highest BCUT2D eigenvalue weighted by Crippen LogP contribution is 2.39. The van der Waals surface area contributed by atoms with Crippen LogP contribution in [0.1, 0.15) is 23.8 Å². The van der Waals surface area contributed by atoms with Gasteiger partial charge in [0.1, 0.15) is 11.1 Å². The van der Waals surface area contributed by atoms with Gasteiger partial charge in [0.15, 0.2) is 0 Å². The number of nitrogens with zero attached hydrogens (tertiary/aromatic N) is 1. The number of carbonyl (C=O) groups is 2. The van der Waals surface area contributed by atoms with Crippen molar-refractivity contribution < 1.29 is 14.3 Å². The quantitative estimate of drug-likeness (QED) is 0.922. The Morgan fingerprint density at radius 3 is 2.77 bits per heavy atom. The minimum absolute atomic E-state index is 0.0477. The smallest absolute Gasteiger partial charge is 0.228 e. The topological polar surface area (TPSA) is 58.6 Å². The van der Waals surface area contributed by atoms with Crippen molar-refractivity contribution in [1.29, 1.82) is 0 Å². The van der Waals surface area contributed by atoms with Crippen LogP contribution in [0.25, 0.3) is 0 Å². The molecule has 118 valence electrons. The molecular formula is C16H20N2O3S. The van der Waals surface area contributed by atoms with E-state index in [0.717, 1.165) is 23.6 Å². The molecule has 5 nitrogen and oxygen atoms in total. The van der Waals surface area contributed by atoms with E-state index < -0.39 is 0 Å². The second kappa shape index (κ2) is 6.60. The summed E-state index contributed by atoms with van der Waals surface area (Å²) >= 11 is 1.79. The Morgan fingerprint density at radius 1 is 1.36 bits per heavy atom. The summed E-state index contributed by atoms with van der Waals surface area (Å²) in [7, 11) is 1.65. The van der Waals surface area contributed by atoms with Crippen molar-refractivity contribution in [2.24, 2.45) is 5.92 Å². The van der Waals surface area contributed by atoms with E-state index >= 15 is 0 Å². The van der Waals surface area contributed by atoms with Gasteiger partial charge >= 0.3 is 0 Å². The number of benzene rings is 1. The summed E-state index contributed by atoms with van der Waals surface area (Å²) in [5.74, 6) is 1.88. The van der Waals surface area contributed by atoms with Crippen LogP contribution in [0.15, 0.2) is 24.3 Å². The number of methoxy groups -OCH3 is 1. The molecule has 0 spiro atoms. The standard InChI is InChI=1S/C16H20N2O3S/c1-21-13-5-2-11(3-6-13)16-18(8-9-22-16)15(20)12-4-7-14(19)17-10-12/h2-3,5-6,12,16H,4,7-10H2,1H3,(H,17,19). The molecule has 1 N–H and O–H groups in total. The van der Waals surface area contributed by atoms with E-state index in [0.29, 0.717) is 19.4 Å². The van der Waals surface area contributed by atoms with Gasteiger partial charge in [0.05, 0.1) is 13.0 Å². The first kappa shape index (κ1) is 15.2. The molecule has 2 aliphatic heterocycles. The maximum Gasteiger partial charge on any atom is 0.228 e. The van der Waals surface area contributed by atoms with Gasteiger partial charge in [-0.3, -0.25) is 9.59 Å². The van der Waals surface area contributed by atoms with Crippen LogP contribution in [0.2, 0.25) is 0 Å². The van der Waals surface area contributed by atoms with Gasteiger partial charge in [-0.1, -0.05) is 12.1 Å². The first-order valence-corrected chi connectivity index (χ1v) is 8.56. The molecule has 6 heteroatoms.